The Kier molecular flexibility index (Phi) is 6.09. The van der Waals surface area contributed by atoms with Gasteiger partial charge in [0.2, 0.25) is 0 Å². The molecule has 0 radical (unpaired) electrons. The van der Waals surface area contributed by atoms with Gasteiger partial charge < -0.3 is 5.32 Å². The normalized spacial score (nSPS) is 10.0. The van der Waals surface area contributed by atoms with Crippen LogP contribution in [-0.2, 0) is 0 Å². The van der Waals surface area contributed by atoms with E-state index in [0.717, 1.165) is 27.9 Å². The van der Waals surface area contributed by atoms with Crippen LogP contribution in [0.5, 0.6) is 0 Å². The van der Waals surface area contributed by atoms with E-state index in [2.05, 4.69) is 34.2 Å². The van der Waals surface area contributed by atoms with Gasteiger partial charge in [-0.05, 0) is 65.3 Å². The zero-order valence-corrected chi connectivity index (χ0v) is 11.6. The summed E-state index contributed by atoms with van der Waals surface area (Å²) in [6.45, 7) is 0.756. The third kappa shape index (κ3) is 4.88. The zero-order chi connectivity index (χ0) is 11.1. The van der Waals surface area contributed by atoms with Gasteiger partial charge >= 0.3 is 0 Å². The maximum absolute atomic E-state index is 11.6. The van der Waals surface area contributed by atoms with Gasteiger partial charge in [-0.15, -0.1) is 0 Å². The van der Waals surface area contributed by atoms with Gasteiger partial charge in [-0.3, -0.25) is 4.79 Å². The van der Waals surface area contributed by atoms with Crippen LogP contribution in [0.15, 0.2) is 24.3 Å². The number of carbonyl (C=O) groups is 1. The Balaban J connectivity index is 2.37. The highest BCUT2D eigenvalue weighted by molar-refractivity contribution is 14.1. The molecule has 0 atom stereocenters. The molecule has 0 unspecified atom stereocenters. The Labute approximate surface area is 108 Å². The molecule has 0 saturated heterocycles. The Morgan fingerprint density at radius 3 is 2.67 bits per heavy atom. The lowest BCUT2D eigenvalue weighted by atomic mass is 10.2. The second-order valence-corrected chi connectivity index (χ2v) is 5.34. The van der Waals surface area contributed by atoms with Crippen molar-refractivity contribution >= 4 is 40.3 Å². The lowest BCUT2D eigenvalue weighted by Crippen LogP contribution is -2.24. The Morgan fingerprint density at radius 2 is 2.07 bits per heavy atom. The minimum Gasteiger partial charge on any atom is -0.352 e. The largest absolute Gasteiger partial charge is 0.352 e. The summed E-state index contributed by atoms with van der Waals surface area (Å²) in [6.07, 6.45) is 3.10. The quantitative estimate of drug-likeness (QED) is 0.662. The van der Waals surface area contributed by atoms with Crippen LogP contribution in [0.1, 0.15) is 16.8 Å². The second-order valence-electron chi connectivity index (χ2n) is 3.11. The summed E-state index contributed by atoms with van der Waals surface area (Å²) in [7, 11) is 0. The molecule has 15 heavy (non-hydrogen) atoms. The molecule has 0 spiro atoms. The highest BCUT2D eigenvalue weighted by Gasteiger charge is 2.03. The molecular weight excluding hydrogens is 321 g/mol. The predicted molar refractivity (Wildman–Crippen MR) is 74.5 cm³/mol. The van der Waals surface area contributed by atoms with E-state index in [4.69, 9.17) is 0 Å². The molecule has 1 N–H and O–H groups in total. The van der Waals surface area contributed by atoms with Crippen molar-refractivity contribution in [1.29, 1.82) is 0 Å². The smallest absolute Gasteiger partial charge is 0.251 e. The van der Waals surface area contributed by atoms with Crippen molar-refractivity contribution in [1.82, 2.24) is 5.32 Å². The summed E-state index contributed by atoms with van der Waals surface area (Å²) in [5.74, 6) is 1.11. The molecule has 1 aromatic carbocycles. The Bertz CT molecular complexity index is 313. The molecule has 0 saturated carbocycles. The van der Waals surface area contributed by atoms with E-state index in [1.165, 1.54) is 0 Å². The molecule has 0 aromatic heterocycles. The molecule has 82 valence electrons. The number of carbonyl (C=O) groups excluding carboxylic acids is 1. The first-order valence-electron chi connectivity index (χ1n) is 4.76. The van der Waals surface area contributed by atoms with E-state index in [-0.39, 0.29) is 5.91 Å². The van der Waals surface area contributed by atoms with Gasteiger partial charge in [0, 0.05) is 15.7 Å². The van der Waals surface area contributed by atoms with Crippen molar-refractivity contribution in [3.63, 3.8) is 0 Å². The molecule has 0 bridgehead atoms. The lowest BCUT2D eigenvalue weighted by Gasteiger charge is -2.04. The molecule has 0 fully saturated rings. The van der Waals surface area contributed by atoms with Crippen molar-refractivity contribution in [2.75, 3.05) is 18.6 Å². The van der Waals surface area contributed by atoms with Crippen LogP contribution in [0.2, 0.25) is 0 Å². The van der Waals surface area contributed by atoms with E-state index < -0.39 is 0 Å². The van der Waals surface area contributed by atoms with E-state index in [0.29, 0.717) is 0 Å². The van der Waals surface area contributed by atoms with Gasteiger partial charge in [0.1, 0.15) is 0 Å². The van der Waals surface area contributed by atoms with Crippen LogP contribution in [0.4, 0.5) is 0 Å². The highest BCUT2D eigenvalue weighted by atomic mass is 127. The minimum absolute atomic E-state index is 0.0208. The maximum atomic E-state index is 11.6. The van der Waals surface area contributed by atoms with Crippen molar-refractivity contribution in [3.05, 3.63) is 33.4 Å². The van der Waals surface area contributed by atoms with Crippen LogP contribution in [-0.4, -0.2) is 24.5 Å². The van der Waals surface area contributed by atoms with Crippen LogP contribution in [0, 0.1) is 3.57 Å². The Hall–Kier alpha value is -0.230. The molecule has 0 aliphatic heterocycles. The van der Waals surface area contributed by atoms with E-state index in [1.807, 2.05) is 24.3 Å². The summed E-state index contributed by atoms with van der Waals surface area (Å²) in [6, 6.07) is 7.59. The zero-order valence-electron chi connectivity index (χ0n) is 8.63. The third-order valence-electron chi connectivity index (χ3n) is 1.92. The monoisotopic (exact) mass is 335 g/mol. The molecule has 2 nitrogen and oxygen atoms in total. The van der Waals surface area contributed by atoms with Gasteiger partial charge in [-0.2, -0.15) is 11.8 Å². The first kappa shape index (κ1) is 12.8. The fourth-order valence-electron chi connectivity index (χ4n) is 1.12. The number of rotatable bonds is 5. The van der Waals surface area contributed by atoms with Gasteiger partial charge in [0.25, 0.3) is 5.91 Å². The fraction of sp³-hybridized carbons (Fsp3) is 0.364. The van der Waals surface area contributed by atoms with Gasteiger partial charge in [0.15, 0.2) is 0 Å². The average Bonchev–Trinajstić information content (AvgIpc) is 2.25. The first-order valence-corrected chi connectivity index (χ1v) is 7.24. The SMILES string of the molecule is CSCCCNC(=O)c1ccc(I)cc1. The molecule has 0 aliphatic carbocycles. The minimum atomic E-state index is 0.0208. The van der Waals surface area contributed by atoms with Gasteiger partial charge in [-0.25, -0.2) is 0 Å². The first-order chi connectivity index (χ1) is 7.24. The van der Waals surface area contributed by atoms with Gasteiger partial charge in [0.05, 0.1) is 0 Å². The average molecular weight is 335 g/mol. The number of halogens is 1. The predicted octanol–water partition coefficient (Wildman–Crippen LogP) is 2.77. The summed E-state index contributed by atoms with van der Waals surface area (Å²) in [5, 5.41) is 2.90. The Morgan fingerprint density at radius 1 is 1.40 bits per heavy atom. The van der Waals surface area contributed by atoms with Crippen LogP contribution in [0.25, 0.3) is 0 Å². The number of amides is 1. The summed E-state index contributed by atoms with van der Waals surface area (Å²) in [4.78, 5) is 11.6. The number of thioether (sulfide) groups is 1. The summed E-state index contributed by atoms with van der Waals surface area (Å²) in [5.41, 5.74) is 0.736. The fourth-order valence-corrected chi connectivity index (χ4v) is 1.91. The van der Waals surface area contributed by atoms with E-state index in [9.17, 15) is 4.79 Å². The molecular formula is C11H14INOS. The summed E-state index contributed by atoms with van der Waals surface area (Å²) >= 11 is 4.02. The van der Waals surface area contributed by atoms with Crippen LogP contribution < -0.4 is 5.32 Å². The standard InChI is InChI=1S/C11H14INOS/c1-15-8-2-7-13-11(14)9-3-5-10(12)6-4-9/h3-6H,2,7-8H2,1H3,(H,13,14). The maximum Gasteiger partial charge on any atom is 0.251 e. The molecule has 0 heterocycles. The molecule has 0 aliphatic rings. The molecule has 4 heteroatoms. The number of benzene rings is 1. The summed E-state index contributed by atoms with van der Waals surface area (Å²) < 4.78 is 1.14. The van der Waals surface area contributed by atoms with Crippen molar-refractivity contribution in [3.8, 4) is 0 Å². The highest BCUT2D eigenvalue weighted by Crippen LogP contribution is 2.06. The third-order valence-corrected chi connectivity index (χ3v) is 3.33. The van der Waals surface area contributed by atoms with Crippen LogP contribution >= 0.6 is 34.4 Å². The molecule has 1 amide bonds. The van der Waals surface area contributed by atoms with E-state index >= 15 is 0 Å². The van der Waals surface area contributed by atoms with Crippen molar-refractivity contribution < 1.29 is 4.79 Å². The topological polar surface area (TPSA) is 29.1 Å². The van der Waals surface area contributed by atoms with Crippen molar-refractivity contribution in [2.24, 2.45) is 0 Å². The lowest BCUT2D eigenvalue weighted by molar-refractivity contribution is 0.0954. The number of nitrogens with one attached hydrogen (secondary N) is 1. The van der Waals surface area contributed by atoms with E-state index in [1.54, 1.807) is 11.8 Å². The number of hydrogen-bond acceptors (Lipinski definition) is 2. The van der Waals surface area contributed by atoms with Gasteiger partial charge in [-0.1, -0.05) is 0 Å². The van der Waals surface area contributed by atoms with Crippen LogP contribution in [0.3, 0.4) is 0 Å². The molecule has 1 rings (SSSR count). The molecule has 1 aromatic rings. The van der Waals surface area contributed by atoms with Crippen molar-refractivity contribution in [2.45, 2.75) is 6.42 Å². The second kappa shape index (κ2) is 7.11. The number of hydrogen-bond donors (Lipinski definition) is 1.